The van der Waals surface area contributed by atoms with E-state index in [9.17, 15) is 115 Å². The Morgan fingerprint density at radius 1 is 0.682 bits per heavy atom. The zero-order valence-corrected chi connectivity index (χ0v) is 44.6. The molecule has 0 spiro atoms. The molecule has 20 N–H and O–H groups in total. The lowest BCUT2D eigenvalue weighted by molar-refractivity contribution is -0.354. The first-order chi connectivity index (χ1) is 41.2. The summed E-state index contributed by atoms with van der Waals surface area (Å²) >= 11 is 0.0464. The summed E-state index contributed by atoms with van der Waals surface area (Å²) < 4.78 is 39.9. The fourth-order valence-corrected chi connectivity index (χ4v) is 11.6. The molecule has 1 saturated carbocycles. The number of ether oxygens (including phenoxy) is 7. The Hall–Kier alpha value is -10.5. The second-order valence-corrected chi connectivity index (χ2v) is 21.1. The van der Waals surface area contributed by atoms with E-state index in [-0.39, 0.29) is 11.8 Å². The minimum absolute atomic E-state index is 0.0464. The number of nitrogens with two attached hydrogens (primary N) is 1. The van der Waals surface area contributed by atoms with E-state index in [0.29, 0.717) is 30.3 Å². The lowest BCUT2D eigenvalue weighted by atomic mass is 9.64. The van der Waals surface area contributed by atoms with Crippen LogP contribution in [0.2, 0.25) is 0 Å². The van der Waals surface area contributed by atoms with E-state index in [1.54, 1.807) is 0 Å². The predicted molar refractivity (Wildman–Crippen MR) is 273 cm³/mol. The molecule has 9 rings (SSSR count). The number of aliphatic hydroxyl groups is 3. The van der Waals surface area contributed by atoms with Crippen molar-refractivity contribution >= 4 is 71.1 Å². The number of thioether (sulfide) groups is 1. The van der Waals surface area contributed by atoms with E-state index in [2.05, 4.69) is 5.32 Å². The molecule has 88 heavy (non-hydrogen) atoms. The van der Waals surface area contributed by atoms with Gasteiger partial charge in [0.25, 0.3) is 0 Å². The van der Waals surface area contributed by atoms with Crippen molar-refractivity contribution in [2.24, 2.45) is 11.7 Å². The molecule has 468 valence electrons. The quantitative estimate of drug-likeness (QED) is 0.0268. The number of rotatable bonds is 13. The summed E-state index contributed by atoms with van der Waals surface area (Å²) in [4.78, 5) is 139. The number of phenolic OH excluding ortho intramolecular Hbond substituents is 11. The van der Waals surface area contributed by atoms with Crippen LogP contribution >= 0.6 is 11.8 Å². The third kappa shape index (κ3) is 10.5. The Bertz CT molecular complexity index is 3700. The Balaban J connectivity index is 1.26. The van der Waals surface area contributed by atoms with Gasteiger partial charge in [-0.25, -0.2) is 19.2 Å². The second kappa shape index (κ2) is 22.8. The molecule has 6 bridgehead atoms. The molecule has 1 aliphatic carbocycles. The Morgan fingerprint density at radius 2 is 1.23 bits per heavy atom. The van der Waals surface area contributed by atoms with E-state index >= 15 is 14.4 Å². The molecular weight excluding hydrogens is 1210 g/mol. The Kier molecular flexibility index (Phi) is 16.0. The number of amides is 2. The van der Waals surface area contributed by atoms with Gasteiger partial charge >= 0.3 is 47.6 Å². The number of hydrogen-bond acceptors (Lipinski definition) is 33. The first-order valence-electron chi connectivity index (χ1n) is 25.1. The molecule has 1 saturated heterocycles. The number of nitrogens with one attached hydrogen (secondary N) is 2. The van der Waals surface area contributed by atoms with E-state index in [0.717, 1.165) is 0 Å². The molecule has 0 aromatic heterocycles. The molecule has 2 fully saturated rings. The summed E-state index contributed by atoms with van der Waals surface area (Å²) in [6.45, 7) is -2.61. The van der Waals surface area contributed by atoms with Crippen LogP contribution in [-0.2, 0) is 57.2 Å². The summed E-state index contributed by atoms with van der Waals surface area (Å²) in [6.07, 6.45) is -14.7. The van der Waals surface area contributed by atoms with Gasteiger partial charge in [0, 0.05) is 28.9 Å². The third-order valence-electron chi connectivity index (χ3n) is 14.5. The smallest absolute Gasteiger partial charge is 0.340 e. The number of esters is 5. The van der Waals surface area contributed by atoms with E-state index in [1.165, 1.54) is 0 Å². The number of fused-ring (bicyclic) bond motifs is 4. The van der Waals surface area contributed by atoms with Gasteiger partial charge in [-0.2, -0.15) is 0 Å². The molecule has 5 aliphatic rings. The average Bonchev–Trinajstić information content (AvgIpc) is 0.815. The van der Waals surface area contributed by atoms with Crippen LogP contribution in [0.15, 0.2) is 30.3 Å². The summed E-state index contributed by atoms with van der Waals surface area (Å²) in [5.41, 5.74) is -2.63. The van der Waals surface area contributed by atoms with Gasteiger partial charge in [-0.3, -0.25) is 28.8 Å². The average molecular weight is 1260 g/mol. The third-order valence-corrected chi connectivity index (χ3v) is 15.9. The van der Waals surface area contributed by atoms with Crippen LogP contribution in [-0.4, -0.2) is 220 Å². The van der Waals surface area contributed by atoms with Crippen molar-refractivity contribution in [1.82, 2.24) is 10.6 Å². The number of hydrogen-bond donors (Lipinski definition) is 19. The summed E-state index contributed by atoms with van der Waals surface area (Å²) in [7, 11) is 0. The summed E-state index contributed by atoms with van der Waals surface area (Å²) in [6, 6.07) is -1.71. The van der Waals surface area contributed by atoms with Crippen LogP contribution in [0.3, 0.4) is 0 Å². The number of carboxylic acids is 2. The molecule has 0 radical (unpaired) electrons. The molecule has 1 unspecified atom stereocenters. The topological polar surface area (TPSA) is 609 Å². The maximum absolute atomic E-state index is 15.6. The van der Waals surface area contributed by atoms with E-state index in [1.807, 2.05) is 5.32 Å². The van der Waals surface area contributed by atoms with Crippen molar-refractivity contribution in [3.8, 4) is 80.1 Å². The van der Waals surface area contributed by atoms with Gasteiger partial charge in [0.1, 0.15) is 31.3 Å². The highest BCUT2D eigenvalue weighted by Crippen LogP contribution is 2.61. The first-order valence-corrected chi connectivity index (χ1v) is 26.1. The van der Waals surface area contributed by atoms with Crippen LogP contribution in [0.4, 0.5) is 0 Å². The molecule has 37 heteroatoms. The number of ketones is 1. The number of carboxylic acid groups (broad SMARTS) is 2. The lowest BCUT2D eigenvalue weighted by Gasteiger charge is -2.54. The molecule has 4 heterocycles. The number of cyclic esters (lactones) is 1. The van der Waals surface area contributed by atoms with Crippen molar-refractivity contribution in [3.05, 3.63) is 58.1 Å². The number of carbonyl (C=O) groups is 10. The first kappa shape index (κ1) is 62.1. The number of phenols is 11. The van der Waals surface area contributed by atoms with Gasteiger partial charge in [0.2, 0.25) is 53.0 Å². The van der Waals surface area contributed by atoms with Gasteiger partial charge in [-0.05, 0) is 36.8 Å². The van der Waals surface area contributed by atoms with E-state index < -0.39 is 271 Å². The minimum atomic E-state index is -4.26. The van der Waals surface area contributed by atoms with Crippen LogP contribution in [0.25, 0.3) is 11.1 Å². The standard InChI is InChI=1S/C51H45N3O33S/c52-15(43(71)72)1-2-23(60)54-16(42(70)53-8-24(61)62)10-88-40-28-29-27-14(7-21(59)33(66)37(27)87-51(80,41(40)69)50(29,78)79)47(76)85-39-38-36(83-48(28)77)22(82-49(39)86-44(73)11-3-17(55)30(63)18(56)4-11)9-81-45(74)12-5-19(57)31(64)34(67)25(12)26-13(46(75)84-38)6-20(58)32(65)35(26)68/h3-7,15-16,22,28-29,36,38-40,49,55-59,63-68,78-80H,1-2,8-10,52H2,(H,53,70)(H,54,60)(H,61,62)(H,71,72)/t15-,16?,22+,28+,29+,36+,38-,39+,40-,49-,51-/m0/s1. The minimum Gasteiger partial charge on any atom is -0.504 e. The van der Waals surface area contributed by atoms with E-state index in [4.69, 9.17) is 38.9 Å². The fraction of sp³-hybridized carbons (Fsp3) is 0.333. The SMILES string of the molecule is N[C@@H](CCC(=O)NC(CS[C@@H]1C(=O)[C@]2(O)Oc3c(O)c(O)cc4c3[C@H]([C@H]1C(=O)O[C@H]1[C@@H]3OC(=O)c5cc(O)c(O)c(O)c5-c5c(cc(O)c(O)c5O)C(=O)OC[C@H]1O[C@@H](OC(=O)c1cc(O)c(O)c(O)c1)[C@@H]3OC4=O)C2(O)O)C(=O)NCC(=O)O)C(=O)O. The van der Waals surface area contributed by atoms with Gasteiger partial charge in [-0.15, -0.1) is 11.8 Å². The van der Waals surface area contributed by atoms with Gasteiger partial charge < -0.3 is 131 Å². The number of Topliss-reactive ketones (excluding diaryl/α,β-unsaturated/α-hetero) is 1. The van der Waals surface area contributed by atoms with Crippen molar-refractivity contribution in [1.29, 1.82) is 0 Å². The van der Waals surface area contributed by atoms with Crippen molar-refractivity contribution in [2.75, 3.05) is 18.9 Å². The van der Waals surface area contributed by atoms with Crippen molar-refractivity contribution in [2.45, 2.75) is 78.4 Å². The molecule has 11 atom stereocenters. The lowest BCUT2D eigenvalue weighted by Crippen LogP contribution is -2.76. The molecular formula is C51H45N3O33S. The Morgan fingerprint density at radius 3 is 1.82 bits per heavy atom. The zero-order chi connectivity index (χ0) is 64.7. The molecule has 4 aromatic rings. The van der Waals surface area contributed by atoms with Crippen LogP contribution in [0.1, 0.15) is 65.8 Å². The van der Waals surface area contributed by atoms with Crippen LogP contribution < -0.4 is 21.1 Å². The van der Waals surface area contributed by atoms with Gasteiger partial charge in [0.15, 0.2) is 64.0 Å². The Labute approximate surface area is 490 Å². The highest BCUT2D eigenvalue weighted by molar-refractivity contribution is 8.00. The number of aliphatic carboxylic acids is 2. The maximum Gasteiger partial charge on any atom is 0.340 e. The largest absolute Gasteiger partial charge is 0.504 e. The second-order valence-electron chi connectivity index (χ2n) is 19.9. The highest BCUT2D eigenvalue weighted by atomic mass is 32.2. The number of benzene rings is 4. The normalized spacial score (nSPS) is 24.8. The monoisotopic (exact) mass is 1260 g/mol. The number of carbonyl (C=O) groups excluding carboxylic acids is 8. The zero-order valence-electron chi connectivity index (χ0n) is 43.8. The predicted octanol–water partition coefficient (Wildman–Crippen LogP) is -3.43. The van der Waals surface area contributed by atoms with Gasteiger partial charge in [-0.1, -0.05) is 0 Å². The molecule has 36 nitrogen and oxygen atoms in total. The van der Waals surface area contributed by atoms with Gasteiger partial charge in [0.05, 0.1) is 39.3 Å². The van der Waals surface area contributed by atoms with Crippen molar-refractivity contribution in [3.63, 3.8) is 0 Å². The highest BCUT2D eigenvalue weighted by Gasteiger charge is 2.75. The van der Waals surface area contributed by atoms with Crippen molar-refractivity contribution < 1.29 is 163 Å². The molecule has 4 aromatic carbocycles. The maximum atomic E-state index is 15.6. The van der Waals surface area contributed by atoms with Crippen LogP contribution in [0.5, 0.6) is 69.0 Å². The summed E-state index contributed by atoms with van der Waals surface area (Å²) in [5, 5.41) is 175. The molecule has 4 aliphatic heterocycles. The fourth-order valence-electron chi connectivity index (χ4n) is 10.2. The summed E-state index contributed by atoms with van der Waals surface area (Å²) in [5.74, 6) is -48.9. The van der Waals surface area contributed by atoms with Crippen LogP contribution in [0, 0.1) is 5.92 Å². The molecule has 2 amide bonds. The number of aromatic hydroxyl groups is 11.